The number of ether oxygens (including phenoxy) is 1. The summed E-state index contributed by atoms with van der Waals surface area (Å²) in [5.41, 5.74) is 3.32. The van der Waals surface area contributed by atoms with Gasteiger partial charge in [-0.1, -0.05) is 45.0 Å². The quantitative estimate of drug-likeness (QED) is 0.474. The normalized spacial score (nSPS) is 12.2. The molecule has 7 heteroatoms. The average molecular weight is 453 g/mol. The molecule has 1 amide bonds. The van der Waals surface area contributed by atoms with Crippen LogP contribution in [0.5, 0.6) is 5.75 Å². The number of nitrogens with one attached hydrogen (secondary N) is 1. The predicted octanol–water partition coefficient (Wildman–Crippen LogP) is 5.45. The first-order valence-corrected chi connectivity index (χ1v) is 11.3. The van der Waals surface area contributed by atoms with Crippen LogP contribution in [0.1, 0.15) is 60.3 Å². The minimum atomic E-state index is -0.944. The Morgan fingerprint density at radius 1 is 1.09 bits per heavy atom. The summed E-state index contributed by atoms with van der Waals surface area (Å²) in [6, 6.07) is 15.8. The molecule has 0 saturated carbocycles. The SMILES string of the molecule is CC(Oc1ccc(-c2ccc(C(C)(C)C)cc2)nc1)c1ccc(C(=O)NCCC(=O)O)s1. The summed E-state index contributed by atoms with van der Waals surface area (Å²) in [5.74, 6) is -0.577. The van der Waals surface area contributed by atoms with Crippen molar-refractivity contribution >= 4 is 23.2 Å². The first-order chi connectivity index (χ1) is 15.1. The van der Waals surface area contributed by atoms with Crippen molar-refractivity contribution in [1.29, 1.82) is 0 Å². The Bertz CT molecular complexity index is 1070. The van der Waals surface area contributed by atoms with Crippen LogP contribution in [0.15, 0.2) is 54.7 Å². The molecule has 0 fully saturated rings. The Morgan fingerprint density at radius 2 is 1.81 bits per heavy atom. The highest BCUT2D eigenvalue weighted by Gasteiger charge is 2.16. The molecule has 168 valence electrons. The van der Waals surface area contributed by atoms with Gasteiger partial charge in [-0.15, -0.1) is 11.3 Å². The van der Waals surface area contributed by atoms with E-state index in [0.29, 0.717) is 10.6 Å². The maximum absolute atomic E-state index is 12.1. The highest BCUT2D eigenvalue weighted by Crippen LogP contribution is 2.29. The van der Waals surface area contributed by atoms with E-state index in [-0.39, 0.29) is 30.4 Å². The molecule has 32 heavy (non-hydrogen) atoms. The molecule has 0 saturated heterocycles. The van der Waals surface area contributed by atoms with Crippen LogP contribution in [0, 0.1) is 0 Å². The van der Waals surface area contributed by atoms with Gasteiger partial charge in [0.2, 0.25) is 0 Å². The maximum Gasteiger partial charge on any atom is 0.305 e. The number of rotatable bonds is 8. The number of carbonyl (C=O) groups excluding carboxylic acids is 1. The summed E-state index contributed by atoms with van der Waals surface area (Å²) in [6.45, 7) is 8.59. The lowest BCUT2D eigenvalue weighted by Gasteiger charge is -2.19. The van der Waals surface area contributed by atoms with Crippen molar-refractivity contribution in [2.24, 2.45) is 0 Å². The molecule has 1 unspecified atom stereocenters. The van der Waals surface area contributed by atoms with Gasteiger partial charge in [-0.25, -0.2) is 0 Å². The van der Waals surface area contributed by atoms with Crippen LogP contribution in [-0.2, 0) is 10.2 Å². The Labute approximate surface area is 192 Å². The minimum absolute atomic E-state index is 0.102. The Balaban J connectivity index is 1.60. The second-order valence-electron chi connectivity index (χ2n) is 8.57. The lowest BCUT2D eigenvalue weighted by Crippen LogP contribution is -2.25. The fourth-order valence-electron chi connectivity index (χ4n) is 3.09. The monoisotopic (exact) mass is 452 g/mol. The molecule has 3 aromatic rings. The summed E-state index contributed by atoms with van der Waals surface area (Å²) in [4.78, 5) is 28.6. The summed E-state index contributed by atoms with van der Waals surface area (Å²) >= 11 is 1.33. The summed E-state index contributed by atoms with van der Waals surface area (Å²) < 4.78 is 6.00. The van der Waals surface area contributed by atoms with Crippen LogP contribution in [-0.4, -0.2) is 28.5 Å². The molecular formula is C25H28N2O4S. The summed E-state index contributed by atoms with van der Waals surface area (Å²) in [6.07, 6.45) is 1.35. The van der Waals surface area contributed by atoms with Gasteiger partial charge in [0.1, 0.15) is 11.9 Å². The molecule has 0 aliphatic rings. The molecular weight excluding hydrogens is 424 g/mol. The zero-order valence-corrected chi connectivity index (χ0v) is 19.5. The Hall–Kier alpha value is -3.19. The number of aromatic nitrogens is 1. The van der Waals surface area contributed by atoms with E-state index in [9.17, 15) is 9.59 Å². The average Bonchev–Trinajstić information content (AvgIpc) is 3.24. The molecule has 6 nitrogen and oxygen atoms in total. The van der Waals surface area contributed by atoms with Gasteiger partial charge < -0.3 is 15.2 Å². The van der Waals surface area contributed by atoms with E-state index in [4.69, 9.17) is 9.84 Å². The van der Waals surface area contributed by atoms with Crippen molar-refractivity contribution < 1.29 is 19.4 Å². The number of carboxylic acids is 1. The molecule has 1 atom stereocenters. The molecule has 0 radical (unpaired) electrons. The first-order valence-electron chi connectivity index (χ1n) is 10.5. The van der Waals surface area contributed by atoms with Gasteiger partial charge in [0.25, 0.3) is 5.91 Å². The van der Waals surface area contributed by atoms with E-state index >= 15 is 0 Å². The van der Waals surface area contributed by atoms with Gasteiger partial charge in [0.05, 0.1) is 23.2 Å². The number of hydrogen-bond acceptors (Lipinski definition) is 5. The lowest BCUT2D eigenvalue weighted by atomic mass is 9.86. The Morgan fingerprint density at radius 3 is 2.41 bits per heavy atom. The van der Waals surface area contributed by atoms with Crippen LogP contribution in [0.25, 0.3) is 11.3 Å². The van der Waals surface area contributed by atoms with Crippen molar-refractivity contribution in [2.45, 2.75) is 45.6 Å². The molecule has 0 bridgehead atoms. The third-order valence-corrected chi connectivity index (χ3v) is 6.22. The van der Waals surface area contributed by atoms with E-state index in [0.717, 1.165) is 16.1 Å². The van der Waals surface area contributed by atoms with E-state index in [1.807, 2.05) is 25.1 Å². The van der Waals surface area contributed by atoms with E-state index in [1.54, 1.807) is 12.3 Å². The van der Waals surface area contributed by atoms with Crippen molar-refractivity contribution in [2.75, 3.05) is 6.54 Å². The lowest BCUT2D eigenvalue weighted by molar-refractivity contribution is -0.136. The van der Waals surface area contributed by atoms with Crippen LogP contribution in [0.3, 0.4) is 0 Å². The van der Waals surface area contributed by atoms with Gasteiger partial charge in [0.15, 0.2) is 0 Å². The van der Waals surface area contributed by atoms with Crippen molar-refractivity contribution in [3.8, 4) is 17.0 Å². The number of carboxylic acid groups (broad SMARTS) is 1. The maximum atomic E-state index is 12.1. The third kappa shape index (κ3) is 6.17. The predicted molar refractivity (Wildman–Crippen MR) is 126 cm³/mol. The number of nitrogens with zero attached hydrogens (tertiary/aromatic N) is 1. The number of benzene rings is 1. The first kappa shape index (κ1) is 23.5. The van der Waals surface area contributed by atoms with Crippen molar-refractivity contribution in [3.63, 3.8) is 0 Å². The number of amides is 1. The van der Waals surface area contributed by atoms with Gasteiger partial charge in [-0.2, -0.15) is 0 Å². The largest absolute Gasteiger partial charge is 0.484 e. The molecule has 3 rings (SSSR count). The van der Waals surface area contributed by atoms with Crippen LogP contribution >= 0.6 is 11.3 Å². The number of carbonyl (C=O) groups is 2. The zero-order chi connectivity index (χ0) is 23.3. The molecule has 1 aromatic carbocycles. The second kappa shape index (κ2) is 9.96. The number of aliphatic carboxylic acids is 1. The van der Waals surface area contributed by atoms with E-state index < -0.39 is 5.97 Å². The number of pyridine rings is 1. The molecule has 0 spiro atoms. The number of hydrogen-bond donors (Lipinski definition) is 2. The second-order valence-corrected chi connectivity index (χ2v) is 9.68. The van der Waals surface area contributed by atoms with E-state index in [1.165, 1.54) is 16.9 Å². The molecule has 2 heterocycles. The third-order valence-electron chi connectivity index (χ3n) is 4.97. The Kier molecular flexibility index (Phi) is 7.30. The van der Waals surface area contributed by atoms with Crippen LogP contribution < -0.4 is 10.1 Å². The van der Waals surface area contributed by atoms with Gasteiger partial charge in [-0.3, -0.25) is 14.6 Å². The van der Waals surface area contributed by atoms with Crippen molar-refractivity contribution in [3.05, 3.63) is 70.0 Å². The molecule has 2 aromatic heterocycles. The highest BCUT2D eigenvalue weighted by atomic mass is 32.1. The smallest absolute Gasteiger partial charge is 0.305 e. The van der Waals surface area contributed by atoms with Gasteiger partial charge >= 0.3 is 5.97 Å². The topological polar surface area (TPSA) is 88.5 Å². The van der Waals surface area contributed by atoms with Crippen molar-refractivity contribution in [1.82, 2.24) is 10.3 Å². The highest BCUT2D eigenvalue weighted by molar-refractivity contribution is 7.14. The fraction of sp³-hybridized carbons (Fsp3) is 0.320. The molecule has 0 aliphatic carbocycles. The number of thiophene rings is 1. The van der Waals surface area contributed by atoms with Gasteiger partial charge in [0, 0.05) is 17.0 Å². The van der Waals surface area contributed by atoms with Crippen LogP contribution in [0.4, 0.5) is 0 Å². The zero-order valence-electron chi connectivity index (χ0n) is 18.7. The minimum Gasteiger partial charge on any atom is -0.484 e. The van der Waals surface area contributed by atoms with E-state index in [2.05, 4.69) is 55.3 Å². The molecule has 2 N–H and O–H groups in total. The molecule has 0 aliphatic heterocycles. The fourth-order valence-corrected chi connectivity index (χ4v) is 3.99. The van der Waals surface area contributed by atoms with Crippen LogP contribution in [0.2, 0.25) is 0 Å². The standard InChI is InChI=1S/C25H28N2O4S/c1-16(21-11-12-22(32-21)24(30)26-14-13-23(28)29)31-19-9-10-20(27-15-19)17-5-7-18(8-6-17)25(2,3)4/h5-12,15-16H,13-14H2,1-4H3,(H,26,30)(H,28,29). The van der Waals surface area contributed by atoms with Gasteiger partial charge in [-0.05, 0) is 42.2 Å². The summed E-state index contributed by atoms with van der Waals surface area (Å²) in [5, 5.41) is 11.3. The summed E-state index contributed by atoms with van der Waals surface area (Å²) in [7, 11) is 0.